The van der Waals surface area contributed by atoms with Crippen LogP contribution in [-0.4, -0.2) is 15.5 Å². The van der Waals surface area contributed by atoms with Crippen LogP contribution in [0.2, 0.25) is 0 Å². The minimum atomic E-state index is -4.49. The Balaban J connectivity index is 1.78. The second kappa shape index (κ2) is 7.40. The van der Waals surface area contributed by atoms with Crippen LogP contribution in [0.4, 0.5) is 19.1 Å². The highest BCUT2D eigenvalue weighted by Crippen LogP contribution is 2.32. The molecule has 5 nitrogen and oxygen atoms in total. The smallest absolute Gasteiger partial charge is 0.416 e. The molecule has 0 fully saturated rings. The second-order valence-electron chi connectivity index (χ2n) is 6.24. The van der Waals surface area contributed by atoms with Crippen LogP contribution >= 0.6 is 15.9 Å². The first-order valence-electron chi connectivity index (χ1n) is 8.48. The van der Waals surface area contributed by atoms with E-state index in [4.69, 9.17) is 4.42 Å². The SMILES string of the molecule is O=C(Nc1nc2cc(C(F)(F)F)ccc2n1Cc1ccco1)c1ccccc1Br. The number of nitrogens with zero attached hydrogens (tertiary/aromatic N) is 2. The van der Waals surface area contributed by atoms with Crippen molar-refractivity contribution in [2.75, 3.05) is 5.32 Å². The normalized spacial score (nSPS) is 11.7. The predicted octanol–water partition coefficient (Wildman–Crippen LogP) is 5.71. The van der Waals surface area contributed by atoms with Crippen LogP contribution in [0, 0.1) is 0 Å². The van der Waals surface area contributed by atoms with Crippen LogP contribution in [-0.2, 0) is 12.7 Å². The van der Waals surface area contributed by atoms with E-state index in [-0.39, 0.29) is 18.0 Å². The van der Waals surface area contributed by atoms with Gasteiger partial charge in [-0.1, -0.05) is 12.1 Å². The third-order valence-corrected chi connectivity index (χ3v) is 5.00. The fourth-order valence-corrected chi connectivity index (χ4v) is 3.40. The Hall–Kier alpha value is -3.07. The van der Waals surface area contributed by atoms with Crippen molar-refractivity contribution in [2.45, 2.75) is 12.7 Å². The van der Waals surface area contributed by atoms with Crippen molar-refractivity contribution in [2.24, 2.45) is 0 Å². The monoisotopic (exact) mass is 463 g/mol. The van der Waals surface area contributed by atoms with E-state index in [1.54, 1.807) is 41.0 Å². The largest absolute Gasteiger partial charge is 0.467 e. The number of anilines is 1. The van der Waals surface area contributed by atoms with Crippen molar-refractivity contribution in [1.82, 2.24) is 9.55 Å². The van der Waals surface area contributed by atoms with Crippen LogP contribution in [0.1, 0.15) is 21.7 Å². The summed E-state index contributed by atoms with van der Waals surface area (Å²) >= 11 is 3.32. The summed E-state index contributed by atoms with van der Waals surface area (Å²) < 4.78 is 46.8. The maximum atomic E-state index is 13.1. The van der Waals surface area contributed by atoms with Gasteiger partial charge in [0.2, 0.25) is 5.95 Å². The fourth-order valence-electron chi connectivity index (χ4n) is 2.93. The van der Waals surface area contributed by atoms with Gasteiger partial charge in [-0.15, -0.1) is 0 Å². The predicted molar refractivity (Wildman–Crippen MR) is 105 cm³/mol. The Kier molecular flexibility index (Phi) is 4.91. The molecule has 9 heteroatoms. The summed E-state index contributed by atoms with van der Waals surface area (Å²) in [4.78, 5) is 16.9. The lowest BCUT2D eigenvalue weighted by atomic mass is 10.2. The van der Waals surface area contributed by atoms with Gasteiger partial charge in [0.05, 0.1) is 35.0 Å². The minimum absolute atomic E-state index is 0.119. The molecule has 0 atom stereocenters. The van der Waals surface area contributed by atoms with E-state index < -0.39 is 17.6 Å². The number of carbonyl (C=O) groups excluding carboxylic acids is 1. The van der Waals surface area contributed by atoms with Crippen LogP contribution < -0.4 is 5.32 Å². The van der Waals surface area contributed by atoms with Gasteiger partial charge in [0.1, 0.15) is 5.76 Å². The van der Waals surface area contributed by atoms with Crippen molar-refractivity contribution >= 4 is 38.8 Å². The number of imidazole rings is 1. The minimum Gasteiger partial charge on any atom is -0.467 e. The van der Waals surface area contributed by atoms with Crippen molar-refractivity contribution in [1.29, 1.82) is 0 Å². The van der Waals surface area contributed by atoms with Crippen LogP contribution in [0.3, 0.4) is 0 Å². The molecule has 0 aliphatic rings. The highest BCUT2D eigenvalue weighted by molar-refractivity contribution is 9.10. The lowest BCUT2D eigenvalue weighted by Crippen LogP contribution is -2.16. The molecule has 0 unspecified atom stereocenters. The number of rotatable bonds is 4. The Labute approximate surface area is 171 Å². The molecule has 0 bridgehead atoms. The number of furan rings is 1. The molecule has 2 heterocycles. The second-order valence-corrected chi connectivity index (χ2v) is 7.09. The lowest BCUT2D eigenvalue weighted by Gasteiger charge is -2.10. The molecule has 0 spiro atoms. The van der Waals surface area contributed by atoms with Gasteiger partial charge in [-0.3, -0.25) is 10.1 Å². The maximum Gasteiger partial charge on any atom is 0.416 e. The molecule has 0 aliphatic heterocycles. The highest BCUT2D eigenvalue weighted by atomic mass is 79.9. The number of amides is 1. The van der Waals surface area contributed by atoms with E-state index in [1.165, 1.54) is 12.3 Å². The van der Waals surface area contributed by atoms with Gasteiger partial charge in [-0.05, 0) is 58.4 Å². The molecule has 1 N–H and O–H groups in total. The summed E-state index contributed by atoms with van der Waals surface area (Å²) in [6.07, 6.45) is -2.99. The molecule has 29 heavy (non-hydrogen) atoms. The van der Waals surface area contributed by atoms with E-state index in [0.717, 1.165) is 12.1 Å². The molecule has 0 radical (unpaired) electrons. The Morgan fingerprint density at radius 3 is 2.62 bits per heavy atom. The zero-order valence-electron chi connectivity index (χ0n) is 14.7. The first-order valence-corrected chi connectivity index (χ1v) is 9.28. The molecule has 0 saturated carbocycles. The van der Waals surface area contributed by atoms with E-state index in [2.05, 4.69) is 26.2 Å². The summed E-state index contributed by atoms with van der Waals surface area (Å²) in [5, 5.41) is 2.69. The molecule has 1 amide bonds. The van der Waals surface area contributed by atoms with Crippen LogP contribution in [0.25, 0.3) is 11.0 Å². The quantitative estimate of drug-likeness (QED) is 0.421. The number of aromatic nitrogens is 2. The summed E-state index contributed by atoms with van der Waals surface area (Å²) in [6, 6.07) is 13.5. The lowest BCUT2D eigenvalue weighted by molar-refractivity contribution is -0.137. The summed E-state index contributed by atoms with van der Waals surface area (Å²) in [7, 11) is 0. The van der Waals surface area contributed by atoms with Crippen LogP contribution in [0.5, 0.6) is 0 Å². The topological polar surface area (TPSA) is 60.1 Å². The van der Waals surface area contributed by atoms with Gasteiger partial charge < -0.3 is 8.98 Å². The molecule has 2 aromatic carbocycles. The molecule has 4 rings (SSSR count). The standard InChI is InChI=1S/C20H13BrF3N3O2/c21-15-6-2-1-5-14(15)18(28)26-19-25-16-10-12(20(22,23)24)7-8-17(16)27(19)11-13-4-3-9-29-13/h1-10H,11H2,(H,25,26,28). The average Bonchev–Trinajstić information content (AvgIpc) is 3.29. The van der Waals surface area contributed by atoms with Crippen molar-refractivity contribution in [3.63, 3.8) is 0 Å². The molecule has 0 aliphatic carbocycles. The van der Waals surface area contributed by atoms with E-state index in [9.17, 15) is 18.0 Å². The first kappa shape index (κ1) is 19.3. The Morgan fingerprint density at radius 1 is 1.14 bits per heavy atom. The molecular weight excluding hydrogens is 451 g/mol. The average molecular weight is 464 g/mol. The molecule has 2 aromatic heterocycles. The van der Waals surface area contributed by atoms with E-state index in [0.29, 0.717) is 21.3 Å². The van der Waals surface area contributed by atoms with Gasteiger partial charge in [0.25, 0.3) is 5.91 Å². The maximum absolute atomic E-state index is 13.1. The number of carbonyl (C=O) groups is 1. The zero-order valence-corrected chi connectivity index (χ0v) is 16.3. The van der Waals surface area contributed by atoms with Crippen molar-refractivity contribution in [3.8, 4) is 0 Å². The fraction of sp³-hybridized carbons (Fsp3) is 0.100. The number of benzene rings is 2. The first-order chi connectivity index (χ1) is 13.8. The van der Waals surface area contributed by atoms with Gasteiger partial charge in [0.15, 0.2) is 0 Å². The Bertz CT molecular complexity index is 1180. The number of hydrogen-bond acceptors (Lipinski definition) is 3. The Morgan fingerprint density at radius 2 is 1.93 bits per heavy atom. The number of alkyl halides is 3. The third kappa shape index (κ3) is 3.91. The highest BCUT2D eigenvalue weighted by Gasteiger charge is 2.31. The number of nitrogens with one attached hydrogen (secondary N) is 1. The van der Waals surface area contributed by atoms with Gasteiger partial charge in [0, 0.05) is 4.47 Å². The summed E-state index contributed by atoms with van der Waals surface area (Å²) in [6.45, 7) is 0.195. The third-order valence-electron chi connectivity index (χ3n) is 4.31. The van der Waals surface area contributed by atoms with Gasteiger partial charge in [-0.25, -0.2) is 4.98 Å². The zero-order chi connectivity index (χ0) is 20.6. The molecular formula is C20H13BrF3N3O2. The number of fused-ring (bicyclic) bond motifs is 1. The van der Waals surface area contributed by atoms with Gasteiger partial charge >= 0.3 is 6.18 Å². The van der Waals surface area contributed by atoms with Crippen LogP contribution in [0.15, 0.2) is 69.8 Å². The molecule has 4 aromatic rings. The van der Waals surface area contributed by atoms with E-state index >= 15 is 0 Å². The number of hydrogen-bond donors (Lipinski definition) is 1. The van der Waals surface area contributed by atoms with Gasteiger partial charge in [-0.2, -0.15) is 13.2 Å². The molecule has 148 valence electrons. The summed E-state index contributed by atoms with van der Waals surface area (Å²) in [5.74, 6) is 0.251. The summed E-state index contributed by atoms with van der Waals surface area (Å²) in [5.41, 5.74) is 0.127. The van der Waals surface area contributed by atoms with E-state index in [1.807, 2.05) is 0 Å². The number of halogens is 4. The van der Waals surface area contributed by atoms with Crippen molar-refractivity contribution < 1.29 is 22.4 Å². The van der Waals surface area contributed by atoms with Crippen molar-refractivity contribution in [3.05, 3.63) is 82.2 Å². The molecule has 0 saturated heterocycles.